The van der Waals surface area contributed by atoms with E-state index in [2.05, 4.69) is 0 Å². The lowest BCUT2D eigenvalue weighted by atomic mass is 10.1. The summed E-state index contributed by atoms with van der Waals surface area (Å²) in [5.74, 6) is -1.07. The van der Waals surface area contributed by atoms with Crippen LogP contribution < -0.4 is 4.90 Å². The van der Waals surface area contributed by atoms with Gasteiger partial charge in [-0.15, -0.1) is 0 Å². The molecule has 0 unspecified atom stereocenters. The van der Waals surface area contributed by atoms with E-state index in [9.17, 15) is 9.59 Å². The van der Waals surface area contributed by atoms with Gasteiger partial charge >= 0.3 is 0 Å². The van der Waals surface area contributed by atoms with Gasteiger partial charge in [0.05, 0.1) is 22.9 Å². The van der Waals surface area contributed by atoms with Crippen molar-refractivity contribution in [2.75, 3.05) is 24.7 Å². The van der Waals surface area contributed by atoms with Crippen molar-refractivity contribution in [2.24, 2.45) is 0 Å². The number of anilines is 1. The van der Waals surface area contributed by atoms with Crippen LogP contribution in [0.25, 0.3) is 0 Å². The van der Waals surface area contributed by atoms with Gasteiger partial charge in [0.15, 0.2) is 0 Å². The topological polar surface area (TPSA) is 46.6 Å². The van der Waals surface area contributed by atoms with Gasteiger partial charge in [-0.05, 0) is 18.6 Å². The van der Waals surface area contributed by atoms with Gasteiger partial charge in [-0.2, -0.15) is 0 Å². The van der Waals surface area contributed by atoms with E-state index in [1.54, 1.807) is 18.2 Å². The molecule has 2 rings (SSSR count). The van der Waals surface area contributed by atoms with E-state index in [-0.39, 0.29) is 0 Å². The van der Waals surface area contributed by atoms with E-state index < -0.39 is 11.7 Å². The molecule has 0 fully saturated rings. The van der Waals surface area contributed by atoms with Crippen molar-refractivity contribution in [3.05, 3.63) is 28.8 Å². The lowest BCUT2D eigenvalue weighted by Crippen LogP contribution is -2.32. The van der Waals surface area contributed by atoms with E-state index in [1.165, 1.54) is 4.90 Å². The van der Waals surface area contributed by atoms with Gasteiger partial charge < -0.3 is 9.64 Å². The smallest absolute Gasteiger partial charge is 0.299 e. The van der Waals surface area contributed by atoms with Crippen LogP contribution in [0.5, 0.6) is 0 Å². The average molecular weight is 268 g/mol. The van der Waals surface area contributed by atoms with Crippen LogP contribution in [-0.2, 0) is 9.53 Å². The normalized spacial score (nSPS) is 14.2. The highest BCUT2D eigenvalue weighted by molar-refractivity contribution is 6.55. The van der Waals surface area contributed by atoms with Crippen LogP contribution in [0.15, 0.2) is 18.2 Å². The predicted molar refractivity (Wildman–Crippen MR) is 69.2 cm³/mol. The van der Waals surface area contributed by atoms with Gasteiger partial charge in [0.1, 0.15) is 0 Å². The maximum absolute atomic E-state index is 11.8. The van der Waals surface area contributed by atoms with Crippen LogP contribution in [0.2, 0.25) is 5.02 Å². The summed E-state index contributed by atoms with van der Waals surface area (Å²) in [5.41, 5.74) is 0.886. The molecule has 4 nitrogen and oxygen atoms in total. The van der Waals surface area contributed by atoms with Gasteiger partial charge in [-0.25, -0.2) is 0 Å². The number of Topliss-reactive ketones (excluding diaryl/α,β-unsaturated/α-hetero) is 1. The van der Waals surface area contributed by atoms with Crippen molar-refractivity contribution in [1.82, 2.24) is 0 Å². The molecule has 1 aliphatic heterocycles. The first kappa shape index (κ1) is 13.1. The summed E-state index contributed by atoms with van der Waals surface area (Å²) in [5, 5.41) is 0.322. The lowest BCUT2D eigenvalue weighted by Gasteiger charge is -2.16. The van der Waals surface area contributed by atoms with Crippen molar-refractivity contribution in [3.63, 3.8) is 0 Å². The second kappa shape index (κ2) is 5.50. The molecule has 1 aromatic carbocycles. The molecule has 1 aliphatic rings. The molecule has 0 N–H and O–H groups in total. The number of amides is 1. The third-order valence-electron chi connectivity index (χ3n) is 2.76. The van der Waals surface area contributed by atoms with Crippen molar-refractivity contribution in [1.29, 1.82) is 0 Å². The van der Waals surface area contributed by atoms with E-state index in [4.69, 9.17) is 16.3 Å². The summed E-state index contributed by atoms with van der Waals surface area (Å²) in [6, 6.07) is 5.07. The van der Waals surface area contributed by atoms with Crippen LogP contribution in [-0.4, -0.2) is 31.4 Å². The molecule has 96 valence electrons. The van der Waals surface area contributed by atoms with E-state index in [0.717, 1.165) is 6.42 Å². The van der Waals surface area contributed by atoms with Gasteiger partial charge in [-0.1, -0.05) is 24.6 Å². The maximum atomic E-state index is 11.8. The zero-order chi connectivity index (χ0) is 13.1. The number of rotatable bonds is 5. The Morgan fingerprint density at radius 2 is 2.06 bits per heavy atom. The molecule has 0 saturated heterocycles. The van der Waals surface area contributed by atoms with Gasteiger partial charge in [0, 0.05) is 13.2 Å². The monoisotopic (exact) mass is 267 g/mol. The Labute approximate surface area is 110 Å². The Morgan fingerprint density at radius 3 is 2.78 bits per heavy atom. The largest absolute Gasteiger partial charge is 0.380 e. The zero-order valence-corrected chi connectivity index (χ0v) is 10.9. The molecule has 0 aliphatic carbocycles. The third-order valence-corrected chi connectivity index (χ3v) is 3.07. The van der Waals surface area contributed by atoms with Crippen LogP contribution in [0, 0.1) is 0 Å². The summed E-state index contributed by atoms with van der Waals surface area (Å²) in [7, 11) is 0. The standard InChI is InChI=1S/C13H14ClNO3/c1-2-7-18-8-6-15-10-5-3-4-9(14)11(10)12(16)13(15)17/h3-5H,2,6-8H2,1H3. The highest BCUT2D eigenvalue weighted by Crippen LogP contribution is 2.33. The summed E-state index contributed by atoms with van der Waals surface area (Å²) in [4.78, 5) is 25.1. The summed E-state index contributed by atoms with van der Waals surface area (Å²) < 4.78 is 5.34. The highest BCUT2D eigenvalue weighted by Gasteiger charge is 2.36. The van der Waals surface area contributed by atoms with Gasteiger partial charge in [0.25, 0.3) is 11.7 Å². The molecule has 1 amide bonds. The number of fused-ring (bicyclic) bond motifs is 1. The molecular weight excluding hydrogens is 254 g/mol. The average Bonchev–Trinajstić information content (AvgIpc) is 2.60. The minimum Gasteiger partial charge on any atom is -0.380 e. The first-order valence-corrected chi connectivity index (χ1v) is 6.27. The van der Waals surface area contributed by atoms with Crippen LogP contribution in [0.4, 0.5) is 5.69 Å². The molecule has 1 heterocycles. The van der Waals surface area contributed by atoms with Crippen LogP contribution in [0.3, 0.4) is 0 Å². The number of hydrogen-bond donors (Lipinski definition) is 0. The Balaban J connectivity index is 2.16. The third kappa shape index (κ3) is 2.26. The summed E-state index contributed by atoms with van der Waals surface area (Å²) >= 11 is 5.95. The zero-order valence-electron chi connectivity index (χ0n) is 10.1. The number of carbonyl (C=O) groups is 2. The second-order valence-corrected chi connectivity index (χ2v) is 4.44. The number of nitrogens with zero attached hydrogens (tertiary/aromatic N) is 1. The van der Waals surface area contributed by atoms with Gasteiger partial charge in [0.2, 0.25) is 0 Å². The molecule has 5 heteroatoms. The van der Waals surface area contributed by atoms with E-state index in [0.29, 0.717) is 36.0 Å². The molecule has 0 aromatic heterocycles. The number of halogens is 1. The van der Waals surface area contributed by atoms with Gasteiger partial charge in [-0.3, -0.25) is 9.59 Å². The lowest BCUT2D eigenvalue weighted by molar-refractivity contribution is -0.114. The van der Waals surface area contributed by atoms with E-state index >= 15 is 0 Å². The fourth-order valence-corrected chi connectivity index (χ4v) is 2.18. The maximum Gasteiger partial charge on any atom is 0.299 e. The number of ketones is 1. The molecule has 0 bridgehead atoms. The molecule has 0 saturated carbocycles. The first-order valence-electron chi connectivity index (χ1n) is 5.89. The number of carbonyl (C=O) groups excluding carboxylic acids is 2. The SMILES string of the molecule is CCCOCCN1C(=O)C(=O)c2c(Cl)cccc21. The van der Waals surface area contributed by atoms with Crippen molar-refractivity contribution >= 4 is 29.0 Å². The van der Waals surface area contributed by atoms with Crippen LogP contribution >= 0.6 is 11.6 Å². The Kier molecular flexibility index (Phi) is 3.99. The molecular formula is C13H14ClNO3. The quantitative estimate of drug-likeness (QED) is 0.607. The van der Waals surface area contributed by atoms with Crippen molar-refractivity contribution < 1.29 is 14.3 Å². The fourth-order valence-electron chi connectivity index (χ4n) is 1.93. The minimum absolute atomic E-state index is 0.305. The Hall–Kier alpha value is -1.39. The summed E-state index contributed by atoms with van der Waals surface area (Å²) in [6.45, 7) is 3.45. The minimum atomic E-state index is -0.536. The fraction of sp³-hybridized carbons (Fsp3) is 0.385. The number of benzene rings is 1. The molecule has 0 radical (unpaired) electrons. The molecule has 0 spiro atoms. The molecule has 0 atom stereocenters. The van der Waals surface area contributed by atoms with E-state index in [1.807, 2.05) is 6.92 Å². The number of hydrogen-bond acceptors (Lipinski definition) is 3. The second-order valence-electron chi connectivity index (χ2n) is 4.03. The first-order chi connectivity index (χ1) is 8.66. The molecule has 1 aromatic rings. The summed E-state index contributed by atoms with van der Waals surface area (Å²) in [6.07, 6.45) is 0.926. The highest BCUT2D eigenvalue weighted by atomic mass is 35.5. The predicted octanol–water partition coefficient (Wildman–Crippen LogP) is 2.30. The Bertz CT molecular complexity index is 487. The van der Waals surface area contributed by atoms with Crippen LogP contribution in [0.1, 0.15) is 23.7 Å². The Morgan fingerprint density at radius 1 is 1.28 bits per heavy atom. The molecule has 18 heavy (non-hydrogen) atoms. The van der Waals surface area contributed by atoms with Crippen molar-refractivity contribution in [2.45, 2.75) is 13.3 Å². The van der Waals surface area contributed by atoms with Crippen molar-refractivity contribution in [3.8, 4) is 0 Å². The number of ether oxygens (including phenoxy) is 1.